The number of nitrogens with zero attached hydrogens (tertiary/aromatic N) is 1. The zero-order valence-electron chi connectivity index (χ0n) is 19.0. The summed E-state index contributed by atoms with van der Waals surface area (Å²) in [5.41, 5.74) is 1.21. The Bertz CT molecular complexity index is 1040. The van der Waals surface area contributed by atoms with Crippen LogP contribution >= 0.6 is 0 Å². The van der Waals surface area contributed by atoms with Crippen LogP contribution in [0.25, 0.3) is 5.76 Å². The first-order chi connectivity index (χ1) is 16.0. The highest BCUT2D eigenvalue weighted by Gasteiger charge is 2.47. The van der Waals surface area contributed by atoms with E-state index in [4.69, 9.17) is 14.2 Å². The summed E-state index contributed by atoms with van der Waals surface area (Å²) in [6, 6.07) is 13.4. The second-order valence-corrected chi connectivity index (χ2v) is 8.05. The molecule has 0 aromatic heterocycles. The molecule has 2 unspecified atom stereocenters. The number of hydrogen-bond donors (Lipinski definition) is 1. The van der Waals surface area contributed by atoms with Crippen LogP contribution in [0.1, 0.15) is 43.9 Å². The molecule has 7 nitrogen and oxygen atoms in total. The second-order valence-electron chi connectivity index (χ2n) is 8.05. The quantitative estimate of drug-likeness (QED) is 0.370. The van der Waals surface area contributed by atoms with Crippen molar-refractivity contribution in [3.05, 3.63) is 65.2 Å². The monoisotopic (exact) mass is 451 g/mol. The summed E-state index contributed by atoms with van der Waals surface area (Å²) >= 11 is 0. The van der Waals surface area contributed by atoms with E-state index in [0.29, 0.717) is 36.9 Å². The summed E-state index contributed by atoms with van der Waals surface area (Å²) in [6.45, 7) is 5.72. The maximum absolute atomic E-state index is 13.2. The van der Waals surface area contributed by atoms with Crippen LogP contribution in [0.3, 0.4) is 0 Å². The van der Waals surface area contributed by atoms with Crippen LogP contribution in [0, 0.1) is 0 Å². The van der Waals surface area contributed by atoms with E-state index in [9.17, 15) is 14.7 Å². The van der Waals surface area contributed by atoms with Crippen LogP contribution in [-0.2, 0) is 14.3 Å². The topological polar surface area (TPSA) is 85.3 Å². The molecule has 0 saturated carbocycles. The Morgan fingerprint density at radius 1 is 1.06 bits per heavy atom. The molecule has 1 N–H and O–H groups in total. The van der Waals surface area contributed by atoms with Crippen molar-refractivity contribution in [1.82, 2.24) is 4.90 Å². The zero-order chi connectivity index (χ0) is 23.4. The maximum Gasteiger partial charge on any atom is 0.295 e. The Balaban J connectivity index is 1.78. The molecule has 2 heterocycles. The van der Waals surface area contributed by atoms with E-state index in [0.717, 1.165) is 18.4 Å². The van der Waals surface area contributed by atoms with Crippen LogP contribution in [0.2, 0.25) is 0 Å². The predicted octanol–water partition coefficient (Wildman–Crippen LogP) is 4.08. The number of amides is 1. The third-order valence-corrected chi connectivity index (χ3v) is 5.89. The van der Waals surface area contributed by atoms with Gasteiger partial charge in [0.1, 0.15) is 17.3 Å². The molecular formula is C26H29NO6. The van der Waals surface area contributed by atoms with E-state index in [1.807, 2.05) is 26.0 Å². The SMILES string of the molecule is CCOc1ccc(C2/C(=C(/O)c3cccc(OCC)c3)C(=O)C(=O)N2CC2CCCO2)cc1. The highest BCUT2D eigenvalue weighted by Crippen LogP contribution is 2.40. The summed E-state index contributed by atoms with van der Waals surface area (Å²) in [6.07, 6.45) is 1.62. The van der Waals surface area contributed by atoms with Gasteiger partial charge in [-0.25, -0.2) is 0 Å². The minimum atomic E-state index is -0.722. The maximum atomic E-state index is 13.2. The molecule has 0 aliphatic carbocycles. The molecule has 174 valence electrons. The minimum absolute atomic E-state index is 0.0656. The number of Topliss-reactive ketones (excluding diaryl/α,β-unsaturated/α-hetero) is 1. The van der Waals surface area contributed by atoms with Gasteiger partial charge in [0, 0.05) is 18.7 Å². The fraction of sp³-hybridized carbons (Fsp3) is 0.385. The molecule has 0 radical (unpaired) electrons. The number of ketones is 1. The number of benzene rings is 2. The molecule has 2 aromatic rings. The van der Waals surface area contributed by atoms with Crippen LogP contribution in [0.4, 0.5) is 0 Å². The molecule has 0 spiro atoms. The van der Waals surface area contributed by atoms with Gasteiger partial charge in [-0.1, -0.05) is 24.3 Å². The fourth-order valence-corrected chi connectivity index (χ4v) is 4.39. The molecule has 2 saturated heterocycles. The Kier molecular flexibility index (Phi) is 6.99. The lowest BCUT2D eigenvalue weighted by molar-refractivity contribution is -0.140. The van der Waals surface area contributed by atoms with Crippen molar-refractivity contribution in [1.29, 1.82) is 0 Å². The molecule has 2 aliphatic rings. The van der Waals surface area contributed by atoms with E-state index < -0.39 is 17.7 Å². The van der Waals surface area contributed by atoms with Gasteiger partial charge in [0.05, 0.1) is 30.9 Å². The van der Waals surface area contributed by atoms with E-state index in [-0.39, 0.29) is 24.0 Å². The average Bonchev–Trinajstić information content (AvgIpc) is 3.42. The number of aliphatic hydroxyl groups excluding tert-OH is 1. The number of carbonyl (C=O) groups is 2. The van der Waals surface area contributed by atoms with Crippen LogP contribution < -0.4 is 9.47 Å². The first-order valence-electron chi connectivity index (χ1n) is 11.4. The van der Waals surface area contributed by atoms with E-state index >= 15 is 0 Å². The van der Waals surface area contributed by atoms with Crippen molar-refractivity contribution in [2.45, 2.75) is 38.8 Å². The highest BCUT2D eigenvalue weighted by molar-refractivity contribution is 6.46. The van der Waals surface area contributed by atoms with Crippen molar-refractivity contribution in [3.63, 3.8) is 0 Å². The number of likely N-dealkylation sites (tertiary alicyclic amines) is 1. The van der Waals surface area contributed by atoms with Gasteiger partial charge >= 0.3 is 0 Å². The van der Waals surface area contributed by atoms with Crippen LogP contribution in [-0.4, -0.2) is 54.2 Å². The lowest BCUT2D eigenvalue weighted by Gasteiger charge is -2.27. The first-order valence-corrected chi connectivity index (χ1v) is 11.4. The molecule has 2 aliphatic heterocycles. The molecule has 1 amide bonds. The van der Waals surface area contributed by atoms with Crippen molar-refractivity contribution in [2.75, 3.05) is 26.4 Å². The van der Waals surface area contributed by atoms with Gasteiger partial charge < -0.3 is 24.2 Å². The Labute approximate surface area is 193 Å². The first kappa shape index (κ1) is 22.9. The summed E-state index contributed by atoms with van der Waals surface area (Å²) in [5, 5.41) is 11.2. The molecule has 2 fully saturated rings. The summed E-state index contributed by atoms with van der Waals surface area (Å²) in [5.74, 6) is -0.281. The highest BCUT2D eigenvalue weighted by atomic mass is 16.5. The smallest absolute Gasteiger partial charge is 0.295 e. The summed E-state index contributed by atoms with van der Waals surface area (Å²) < 4.78 is 16.8. The Hall–Kier alpha value is -3.32. The third kappa shape index (κ3) is 4.73. The number of hydrogen-bond acceptors (Lipinski definition) is 6. The number of carbonyl (C=O) groups excluding carboxylic acids is 2. The molecule has 0 bridgehead atoms. The Morgan fingerprint density at radius 3 is 2.45 bits per heavy atom. The molecule has 2 aromatic carbocycles. The number of aliphatic hydroxyl groups is 1. The largest absolute Gasteiger partial charge is 0.507 e. The van der Waals surface area contributed by atoms with Gasteiger partial charge in [-0.15, -0.1) is 0 Å². The Morgan fingerprint density at radius 2 is 1.79 bits per heavy atom. The van der Waals surface area contributed by atoms with E-state index in [1.54, 1.807) is 36.4 Å². The van der Waals surface area contributed by atoms with Gasteiger partial charge in [-0.2, -0.15) is 0 Å². The predicted molar refractivity (Wildman–Crippen MR) is 123 cm³/mol. The molecule has 4 rings (SSSR count). The van der Waals surface area contributed by atoms with Crippen LogP contribution in [0.15, 0.2) is 54.1 Å². The molecule has 2 atom stereocenters. The minimum Gasteiger partial charge on any atom is -0.507 e. The van der Waals surface area contributed by atoms with Gasteiger partial charge in [0.2, 0.25) is 0 Å². The molecule has 33 heavy (non-hydrogen) atoms. The average molecular weight is 452 g/mol. The number of rotatable bonds is 8. The van der Waals surface area contributed by atoms with Gasteiger partial charge in [-0.05, 0) is 56.5 Å². The molecular weight excluding hydrogens is 422 g/mol. The van der Waals surface area contributed by atoms with Crippen molar-refractivity contribution in [2.24, 2.45) is 0 Å². The fourth-order valence-electron chi connectivity index (χ4n) is 4.39. The van der Waals surface area contributed by atoms with Gasteiger partial charge in [0.15, 0.2) is 0 Å². The summed E-state index contributed by atoms with van der Waals surface area (Å²) in [7, 11) is 0. The summed E-state index contributed by atoms with van der Waals surface area (Å²) in [4.78, 5) is 27.8. The van der Waals surface area contributed by atoms with Crippen LogP contribution in [0.5, 0.6) is 11.5 Å². The van der Waals surface area contributed by atoms with Crippen molar-refractivity contribution < 1.29 is 28.9 Å². The van der Waals surface area contributed by atoms with Gasteiger partial charge in [0.25, 0.3) is 11.7 Å². The lowest BCUT2D eigenvalue weighted by atomic mass is 9.95. The zero-order valence-corrected chi connectivity index (χ0v) is 19.0. The lowest BCUT2D eigenvalue weighted by Crippen LogP contribution is -2.36. The van der Waals surface area contributed by atoms with E-state index in [1.165, 1.54) is 4.90 Å². The number of ether oxygens (including phenoxy) is 3. The standard InChI is InChI=1S/C26H29NO6/c1-3-31-19-12-10-17(11-13-19)23-22(24(28)18-7-5-8-20(15-18)32-4-2)25(29)26(30)27(23)16-21-9-6-14-33-21/h5,7-8,10-13,15,21,23,28H,3-4,6,9,14,16H2,1-2H3/b24-22-. The van der Waals surface area contributed by atoms with Crippen molar-refractivity contribution in [3.8, 4) is 11.5 Å². The molecule has 7 heteroatoms. The second kappa shape index (κ2) is 10.1. The third-order valence-electron chi connectivity index (χ3n) is 5.89. The van der Waals surface area contributed by atoms with Crippen molar-refractivity contribution >= 4 is 17.4 Å². The van der Waals surface area contributed by atoms with E-state index in [2.05, 4.69) is 0 Å². The normalized spacial score (nSPS) is 22.1. The van der Waals surface area contributed by atoms with Gasteiger partial charge in [-0.3, -0.25) is 9.59 Å².